The van der Waals surface area contributed by atoms with Crippen molar-refractivity contribution in [1.82, 2.24) is 5.43 Å². The smallest absolute Gasteiger partial charge is 0.307 e. The summed E-state index contributed by atoms with van der Waals surface area (Å²) in [6, 6.07) is 19.2. The van der Waals surface area contributed by atoms with Gasteiger partial charge in [-0.25, -0.2) is 5.43 Å². The zero-order valence-corrected chi connectivity index (χ0v) is 21.6. The highest BCUT2D eigenvalue weighted by Gasteiger charge is 2.15. The molecule has 2 N–H and O–H groups in total. The van der Waals surface area contributed by atoms with Crippen molar-refractivity contribution in [1.29, 1.82) is 0 Å². The molecule has 0 bridgehead atoms. The number of benzene rings is 3. The van der Waals surface area contributed by atoms with Crippen molar-refractivity contribution in [3.8, 4) is 17.2 Å². The molecule has 1 aromatic heterocycles. The fraction of sp³-hybridized carbons (Fsp3) is 0.179. The van der Waals surface area contributed by atoms with E-state index in [-0.39, 0.29) is 29.0 Å². The molecule has 3 aromatic carbocycles. The molecule has 1 heterocycles. The van der Waals surface area contributed by atoms with E-state index in [1.54, 1.807) is 48.5 Å². The highest BCUT2D eigenvalue weighted by atomic mass is 35.5. The Morgan fingerprint density at radius 2 is 1.76 bits per heavy atom. The Morgan fingerprint density at radius 3 is 2.53 bits per heavy atom. The average Bonchev–Trinajstić information content (AvgIpc) is 3.33. The molecule has 2 amide bonds. The van der Waals surface area contributed by atoms with Gasteiger partial charge in [0.1, 0.15) is 11.3 Å². The van der Waals surface area contributed by atoms with E-state index in [4.69, 9.17) is 30.2 Å². The topological polar surface area (TPSA) is 111 Å². The Bertz CT molecular complexity index is 1450. The summed E-state index contributed by atoms with van der Waals surface area (Å²) in [4.78, 5) is 24.8. The summed E-state index contributed by atoms with van der Waals surface area (Å²) in [5.74, 6) is 0.501. The van der Waals surface area contributed by atoms with Gasteiger partial charge in [0.15, 0.2) is 23.9 Å². The molecule has 0 atom stereocenters. The van der Waals surface area contributed by atoms with E-state index >= 15 is 0 Å². The van der Waals surface area contributed by atoms with Crippen LogP contribution in [-0.4, -0.2) is 37.8 Å². The minimum atomic E-state index is -0.518. The number of carbonyl (C=O) groups excluding carboxylic acids is 2. The second-order valence-corrected chi connectivity index (χ2v) is 8.32. The van der Waals surface area contributed by atoms with Gasteiger partial charge in [0.05, 0.1) is 24.5 Å². The predicted molar refractivity (Wildman–Crippen MR) is 146 cm³/mol. The molecule has 0 unspecified atom stereocenters. The number of furan rings is 1. The van der Waals surface area contributed by atoms with E-state index in [1.165, 1.54) is 6.21 Å². The van der Waals surface area contributed by atoms with Gasteiger partial charge in [-0.1, -0.05) is 29.8 Å². The van der Waals surface area contributed by atoms with Gasteiger partial charge in [-0.05, 0) is 67.9 Å². The second kappa shape index (κ2) is 12.6. The quantitative estimate of drug-likeness (QED) is 0.189. The fourth-order valence-corrected chi connectivity index (χ4v) is 3.81. The number of halogens is 1. The Labute approximate surface area is 224 Å². The average molecular weight is 536 g/mol. The van der Waals surface area contributed by atoms with Gasteiger partial charge in [-0.3, -0.25) is 9.59 Å². The van der Waals surface area contributed by atoms with Gasteiger partial charge in [0.2, 0.25) is 0 Å². The molecule has 4 rings (SSSR count). The largest absolute Gasteiger partial charge is 0.494 e. The molecule has 0 spiro atoms. The third-order valence-electron chi connectivity index (χ3n) is 5.14. The number of nitrogens with one attached hydrogen (secondary N) is 2. The van der Waals surface area contributed by atoms with Crippen LogP contribution in [0.3, 0.4) is 0 Å². The van der Waals surface area contributed by atoms with Gasteiger partial charge in [0.25, 0.3) is 5.91 Å². The molecule has 38 heavy (non-hydrogen) atoms. The number of carbonyl (C=O) groups is 2. The number of hydrogen-bond donors (Lipinski definition) is 2. The van der Waals surface area contributed by atoms with Crippen LogP contribution in [0.4, 0.5) is 5.69 Å². The zero-order chi connectivity index (χ0) is 26.9. The molecule has 0 fully saturated rings. The SMILES string of the molecule is CCOc1ccc2oc(C(=O)N/N=C/c3cc(Cl)c(OCC(=O)Nc4ccccc4)c(OCC)c3)cc2c1. The van der Waals surface area contributed by atoms with Crippen molar-refractivity contribution in [3.05, 3.63) is 83.1 Å². The van der Waals surface area contributed by atoms with Crippen LogP contribution in [0.15, 0.2) is 76.2 Å². The van der Waals surface area contributed by atoms with Crippen LogP contribution >= 0.6 is 11.6 Å². The summed E-state index contributed by atoms with van der Waals surface area (Å²) in [7, 11) is 0. The molecule has 0 saturated carbocycles. The Kier molecular flexibility index (Phi) is 8.84. The molecule has 10 heteroatoms. The lowest BCUT2D eigenvalue weighted by Gasteiger charge is -2.14. The number of amides is 2. The van der Waals surface area contributed by atoms with Crippen LogP contribution in [0, 0.1) is 0 Å². The first kappa shape index (κ1) is 26.6. The third-order valence-corrected chi connectivity index (χ3v) is 5.42. The van der Waals surface area contributed by atoms with Crippen LogP contribution in [0.1, 0.15) is 30.0 Å². The first-order valence-electron chi connectivity index (χ1n) is 11.9. The Hall–Kier alpha value is -4.50. The number of hydrazone groups is 1. The monoisotopic (exact) mass is 535 g/mol. The van der Waals surface area contributed by atoms with Crippen LogP contribution < -0.4 is 25.0 Å². The number of para-hydroxylation sites is 1. The predicted octanol–water partition coefficient (Wildman–Crippen LogP) is 5.67. The van der Waals surface area contributed by atoms with Crippen molar-refractivity contribution in [3.63, 3.8) is 0 Å². The molecular weight excluding hydrogens is 510 g/mol. The lowest BCUT2D eigenvalue weighted by Crippen LogP contribution is -2.20. The Morgan fingerprint density at radius 1 is 0.974 bits per heavy atom. The summed E-state index contributed by atoms with van der Waals surface area (Å²) in [5, 5.41) is 7.70. The van der Waals surface area contributed by atoms with Gasteiger partial charge in [-0.15, -0.1) is 0 Å². The normalized spacial score (nSPS) is 10.9. The maximum atomic E-state index is 12.5. The van der Waals surface area contributed by atoms with Gasteiger partial charge < -0.3 is 23.9 Å². The van der Waals surface area contributed by atoms with Gasteiger partial charge in [-0.2, -0.15) is 5.10 Å². The molecular formula is C28H26ClN3O6. The summed E-state index contributed by atoms with van der Waals surface area (Å²) >= 11 is 6.42. The maximum absolute atomic E-state index is 12.5. The van der Waals surface area contributed by atoms with Gasteiger partial charge in [0, 0.05) is 11.1 Å². The van der Waals surface area contributed by atoms with Crippen LogP contribution in [0.5, 0.6) is 17.2 Å². The molecule has 0 aliphatic heterocycles. The van der Waals surface area contributed by atoms with Crippen LogP contribution in [0.25, 0.3) is 11.0 Å². The summed E-state index contributed by atoms with van der Waals surface area (Å²) in [6.45, 7) is 4.33. The number of ether oxygens (including phenoxy) is 3. The highest BCUT2D eigenvalue weighted by Crippen LogP contribution is 2.36. The molecule has 0 aliphatic carbocycles. The molecule has 196 valence electrons. The van der Waals surface area contributed by atoms with Crippen molar-refractivity contribution in [2.24, 2.45) is 5.10 Å². The summed E-state index contributed by atoms with van der Waals surface area (Å²) < 4.78 is 22.4. The highest BCUT2D eigenvalue weighted by molar-refractivity contribution is 6.32. The van der Waals surface area contributed by atoms with E-state index in [1.807, 2.05) is 32.0 Å². The lowest BCUT2D eigenvalue weighted by atomic mass is 10.2. The van der Waals surface area contributed by atoms with Crippen molar-refractivity contribution in [2.45, 2.75) is 13.8 Å². The first-order chi connectivity index (χ1) is 18.5. The van der Waals surface area contributed by atoms with E-state index in [0.29, 0.717) is 41.5 Å². The number of fused-ring (bicyclic) bond motifs is 1. The minimum Gasteiger partial charge on any atom is -0.494 e. The zero-order valence-electron chi connectivity index (χ0n) is 20.8. The van der Waals surface area contributed by atoms with E-state index in [9.17, 15) is 9.59 Å². The van der Waals surface area contributed by atoms with E-state index < -0.39 is 5.91 Å². The fourth-order valence-electron chi connectivity index (χ4n) is 3.53. The van der Waals surface area contributed by atoms with Crippen molar-refractivity contribution in [2.75, 3.05) is 25.1 Å². The minimum absolute atomic E-state index is 0.108. The number of anilines is 1. The van der Waals surface area contributed by atoms with Crippen LogP contribution in [0.2, 0.25) is 5.02 Å². The van der Waals surface area contributed by atoms with E-state index in [0.717, 1.165) is 5.39 Å². The molecule has 9 nitrogen and oxygen atoms in total. The number of rotatable bonds is 11. The lowest BCUT2D eigenvalue weighted by molar-refractivity contribution is -0.118. The van der Waals surface area contributed by atoms with Crippen LogP contribution in [-0.2, 0) is 4.79 Å². The van der Waals surface area contributed by atoms with Crippen molar-refractivity contribution >= 4 is 46.3 Å². The second-order valence-electron chi connectivity index (χ2n) is 7.91. The Balaban J connectivity index is 1.40. The van der Waals surface area contributed by atoms with E-state index in [2.05, 4.69) is 15.8 Å². The summed E-state index contributed by atoms with van der Waals surface area (Å²) in [6.07, 6.45) is 1.41. The molecule has 0 radical (unpaired) electrons. The number of hydrogen-bond acceptors (Lipinski definition) is 7. The van der Waals surface area contributed by atoms with Crippen molar-refractivity contribution < 1.29 is 28.2 Å². The first-order valence-corrected chi connectivity index (χ1v) is 12.3. The molecule has 0 aliphatic rings. The third kappa shape index (κ3) is 6.83. The molecule has 0 saturated heterocycles. The summed E-state index contributed by atoms with van der Waals surface area (Å²) in [5.41, 5.74) is 4.20. The van der Waals surface area contributed by atoms with Gasteiger partial charge >= 0.3 is 5.91 Å². The maximum Gasteiger partial charge on any atom is 0.307 e. The molecule has 4 aromatic rings. The standard InChI is InChI=1S/C28H26ClN3O6/c1-3-35-21-10-11-23-19(14-21)15-25(38-23)28(34)32-30-16-18-12-22(29)27(24(13-18)36-4-2)37-17-26(33)31-20-8-6-5-7-9-20/h5-16H,3-4,17H2,1-2H3,(H,31,33)(H,32,34)/b30-16+. The number of nitrogens with zero attached hydrogens (tertiary/aromatic N) is 1.